The lowest BCUT2D eigenvalue weighted by atomic mass is 10.0. The van der Waals surface area contributed by atoms with Crippen LogP contribution in [0, 0.1) is 15.9 Å². The van der Waals surface area contributed by atoms with Gasteiger partial charge >= 0.3 is 11.8 Å². The Kier molecular flexibility index (Phi) is 7.27. The van der Waals surface area contributed by atoms with E-state index in [0.29, 0.717) is 0 Å². The molecule has 1 aliphatic heterocycles. The first-order chi connectivity index (χ1) is 14.8. The normalized spacial score (nSPS) is 15.8. The van der Waals surface area contributed by atoms with Gasteiger partial charge in [-0.25, -0.2) is 4.39 Å². The van der Waals surface area contributed by atoms with Crippen molar-refractivity contribution in [2.75, 3.05) is 45.1 Å². The summed E-state index contributed by atoms with van der Waals surface area (Å²) in [4.78, 5) is 39.2. The summed E-state index contributed by atoms with van der Waals surface area (Å²) in [6.45, 7) is 3.43. The minimum absolute atomic E-state index is 0.156. The highest BCUT2D eigenvalue weighted by atomic mass is 19.1. The lowest BCUT2D eigenvalue weighted by Crippen LogP contribution is -2.49. The number of hydrogen-bond acceptors (Lipinski definition) is 6. The molecule has 0 aromatic heterocycles. The highest BCUT2D eigenvalue weighted by molar-refractivity contribution is 6.39. The lowest BCUT2D eigenvalue weighted by molar-refractivity contribution is -0.384. The Hall–Kier alpha value is -3.37. The number of amides is 2. The largest absolute Gasteiger partial charge is 0.346 e. The number of anilines is 1. The summed E-state index contributed by atoms with van der Waals surface area (Å²) in [6, 6.07) is 11.2. The van der Waals surface area contributed by atoms with Crippen molar-refractivity contribution in [2.45, 2.75) is 6.04 Å². The molecule has 0 radical (unpaired) electrons. The number of halogens is 1. The smallest absolute Gasteiger partial charge is 0.313 e. The summed E-state index contributed by atoms with van der Waals surface area (Å²) in [5.74, 6) is -2.12. The number of nitrogens with one attached hydrogen (secondary N) is 2. The molecule has 3 rings (SSSR count). The first-order valence-electron chi connectivity index (χ1n) is 9.85. The van der Waals surface area contributed by atoms with E-state index in [1.165, 1.54) is 36.4 Å². The molecule has 31 heavy (non-hydrogen) atoms. The molecule has 9 nitrogen and oxygen atoms in total. The Labute approximate surface area is 179 Å². The molecular weight excluding hydrogens is 405 g/mol. The summed E-state index contributed by atoms with van der Waals surface area (Å²) in [7, 11) is 2.03. The number of benzene rings is 2. The van der Waals surface area contributed by atoms with Crippen molar-refractivity contribution in [3.8, 4) is 0 Å². The van der Waals surface area contributed by atoms with Gasteiger partial charge in [-0.05, 0) is 30.8 Å². The Bertz CT molecular complexity index is 945. The van der Waals surface area contributed by atoms with Gasteiger partial charge in [-0.3, -0.25) is 24.6 Å². The molecule has 1 saturated heterocycles. The van der Waals surface area contributed by atoms with Gasteiger partial charge in [0.25, 0.3) is 5.69 Å². The van der Waals surface area contributed by atoms with Crippen molar-refractivity contribution in [1.82, 2.24) is 15.1 Å². The molecular formula is C21H24FN5O4. The maximum atomic E-state index is 13.4. The average Bonchev–Trinajstić information content (AvgIpc) is 2.76. The molecule has 0 saturated carbocycles. The number of nitro benzene ring substituents is 1. The van der Waals surface area contributed by atoms with Gasteiger partial charge in [0.2, 0.25) is 0 Å². The molecule has 0 spiro atoms. The van der Waals surface area contributed by atoms with E-state index in [9.17, 15) is 24.1 Å². The molecule has 1 heterocycles. The number of hydrogen-bond donors (Lipinski definition) is 2. The van der Waals surface area contributed by atoms with Gasteiger partial charge in [0.05, 0.1) is 11.0 Å². The van der Waals surface area contributed by atoms with Crippen LogP contribution in [-0.2, 0) is 9.59 Å². The SMILES string of the molecule is CN1CCN([C@H](CNC(=O)C(=O)Nc2cccc([N+](=O)[O-])c2)c2ccc(F)cc2)CC1. The number of carbonyl (C=O) groups is 2. The van der Waals surface area contributed by atoms with Crippen LogP contribution in [0.1, 0.15) is 11.6 Å². The molecule has 2 aromatic carbocycles. The Balaban J connectivity index is 1.65. The molecule has 10 heteroatoms. The molecule has 2 N–H and O–H groups in total. The molecule has 1 fully saturated rings. The van der Waals surface area contributed by atoms with E-state index in [-0.39, 0.29) is 29.8 Å². The molecule has 0 aliphatic carbocycles. The molecule has 164 valence electrons. The van der Waals surface area contributed by atoms with Crippen LogP contribution in [0.15, 0.2) is 48.5 Å². The van der Waals surface area contributed by atoms with Gasteiger partial charge in [0, 0.05) is 50.5 Å². The van der Waals surface area contributed by atoms with Gasteiger partial charge in [-0.2, -0.15) is 0 Å². The standard InChI is InChI=1S/C21H24FN5O4/c1-25-9-11-26(12-10-25)19(15-5-7-16(22)8-6-15)14-23-20(28)21(29)24-17-3-2-4-18(13-17)27(30)31/h2-8,13,19H,9-12,14H2,1H3,(H,23,28)(H,24,29)/t19-/m1/s1. The number of non-ortho nitro benzene ring substituents is 1. The number of rotatable bonds is 6. The van der Waals surface area contributed by atoms with Crippen LogP contribution < -0.4 is 10.6 Å². The number of nitro groups is 1. The van der Waals surface area contributed by atoms with E-state index in [4.69, 9.17) is 0 Å². The summed E-state index contributed by atoms with van der Waals surface area (Å²) >= 11 is 0. The van der Waals surface area contributed by atoms with E-state index < -0.39 is 16.7 Å². The van der Waals surface area contributed by atoms with E-state index in [1.54, 1.807) is 12.1 Å². The lowest BCUT2D eigenvalue weighted by Gasteiger charge is -2.38. The van der Waals surface area contributed by atoms with Gasteiger partial charge < -0.3 is 15.5 Å². The average molecular weight is 429 g/mol. The van der Waals surface area contributed by atoms with Crippen LogP contribution in [0.4, 0.5) is 15.8 Å². The van der Waals surface area contributed by atoms with E-state index in [0.717, 1.165) is 31.7 Å². The Morgan fingerprint density at radius 3 is 2.42 bits per heavy atom. The van der Waals surface area contributed by atoms with Crippen molar-refractivity contribution < 1.29 is 18.9 Å². The maximum absolute atomic E-state index is 13.4. The molecule has 0 unspecified atom stereocenters. The third-order valence-electron chi connectivity index (χ3n) is 5.21. The maximum Gasteiger partial charge on any atom is 0.313 e. The zero-order chi connectivity index (χ0) is 22.4. The first-order valence-corrected chi connectivity index (χ1v) is 9.85. The Morgan fingerprint density at radius 2 is 1.77 bits per heavy atom. The highest BCUT2D eigenvalue weighted by Gasteiger charge is 2.25. The zero-order valence-electron chi connectivity index (χ0n) is 17.1. The monoisotopic (exact) mass is 429 g/mol. The third kappa shape index (κ3) is 6.06. The minimum atomic E-state index is -0.920. The predicted octanol–water partition coefficient (Wildman–Crippen LogP) is 1.78. The molecule has 1 aliphatic rings. The zero-order valence-corrected chi connectivity index (χ0v) is 17.1. The second kappa shape index (κ2) is 10.1. The van der Waals surface area contributed by atoms with E-state index in [2.05, 4.69) is 20.4 Å². The summed E-state index contributed by atoms with van der Waals surface area (Å²) < 4.78 is 13.4. The van der Waals surface area contributed by atoms with E-state index in [1.807, 2.05) is 7.05 Å². The van der Waals surface area contributed by atoms with Gasteiger partial charge in [-0.15, -0.1) is 0 Å². The molecule has 1 atom stereocenters. The highest BCUT2D eigenvalue weighted by Crippen LogP contribution is 2.22. The molecule has 0 bridgehead atoms. The number of nitrogens with zero attached hydrogens (tertiary/aromatic N) is 3. The second-order valence-electron chi connectivity index (χ2n) is 7.38. The van der Waals surface area contributed by atoms with Crippen LogP contribution in [0.5, 0.6) is 0 Å². The predicted molar refractivity (Wildman–Crippen MR) is 113 cm³/mol. The topological polar surface area (TPSA) is 108 Å². The number of piperazine rings is 1. The fourth-order valence-corrected chi connectivity index (χ4v) is 3.43. The summed E-state index contributed by atoms with van der Waals surface area (Å²) in [6.07, 6.45) is 0. The fourth-order valence-electron chi connectivity index (χ4n) is 3.43. The second-order valence-corrected chi connectivity index (χ2v) is 7.38. The van der Waals surface area contributed by atoms with Crippen LogP contribution in [0.25, 0.3) is 0 Å². The van der Waals surface area contributed by atoms with Crippen molar-refractivity contribution in [3.63, 3.8) is 0 Å². The van der Waals surface area contributed by atoms with Crippen molar-refractivity contribution in [1.29, 1.82) is 0 Å². The Morgan fingerprint density at radius 1 is 1.10 bits per heavy atom. The summed E-state index contributed by atoms with van der Waals surface area (Å²) in [5, 5.41) is 15.9. The summed E-state index contributed by atoms with van der Waals surface area (Å²) in [5.41, 5.74) is 0.804. The van der Waals surface area contributed by atoms with Crippen LogP contribution in [0.3, 0.4) is 0 Å². The van der Waals surface area contributed by atoms with E-state index >= 15 is 0 Å². The van der Waals surface area contributed by atoms with Crippen molar-refractivity contribution in [3.05, 3.63) is 70.0 Å². The number of likely N-dealkylation sites (N-methyl/N-ethyl adjacent to an activating group) is 1. The van der Waals surface area contributed by atoms with Gasteiger partial charge in [0.15, 0.2) is 0 Å². The van der Waals surface area contributed by atoms with Crippen molar-refractivity contribution >= 4 is 23.2 Å². The minimum Gasteiger partial charge on any atom is -0.346 e. The van der Waals surface area contributed by atoms with Gasteiger partial charge in [-0.1, -0.05) is 18.2 Å². The van der Waals surface area contributed by atoms with Crippen LogP contribution >= 0.6 is 0 Å². The fraction of sp³-hybridized carbons (Fsp3) is 0.333. The number of carbonyl (C=O) groups excluding carboxylic acids is 2. The first kappa shape index (κ1) is 22.3. The third-order valence-corrected chi connectivity index (χ3v) is 5.21. The van der Waals surface area contributed by atoms with Crippen molar-refractivity contribution in [2.24, 2.45) is 0 Å². The van der Waals surface area contributed by atoms with Gasteiger partial charge in [0.1, 0.15) is 5.82 Å². The van der Waals surface area contributed by atoms with Crippen LogP contribution in [-0.4, -0.2) is 66.3 Å². The molecule has 2 amide bonds. The quantitative estimate of drug-likeness (QED) is 0.412. The molecule has 2 aromatic rings. The van der Waals surface area contributed by atoms with Crippen LogP contribution in [0.2, 0.25) is 0 Å².